The first-order valence-corrected chi connectivity index (χ1v) is 8.19. The summed E-state index contributed by atoms with van der Waals surface area (Å²) in [5.74, 6) is 0.851. The Hall–Kier alpha value is -1.88. The maximum Gasteiger partial charge on any atom is 0.145 e. The Bertz CT molecular complexity index is 750. The van der Waals surface area contributed by atoms with E-state index in [4.69, 9.17) is 0 Å². The average Bonchev–Trinajstić information content (AvgIpc) is 3.20. The summed E-state index contributed by atoms with van der Waals surface area (Å²) in [6, 6.07) is 4.70. The molecular formula is C17H20N4O. The molecular weight excluding hydrogens is 276 g/mol. The van der Waals surface area contributed by atoms with Gasteiger partial charge in [-0.1, -0.05) is 0 Å². The molecule has 5 rings (SSSR count). The number of pyridine rings is 1. The van der Waals surface area contributed by atoms with Crippen LogP contribution in [0.25, 0.3) is 5.65 Å². The van der Waals surface area contributed by atoms with Gasteiger partial charge in [0.2, 0.25) is 0 Å². The summed E-state index contributed by atoms with van der Waals surface area (Å²) in [5, 5.41) is 3.57. The van der Waals surface area contributed by atoms with Crippen LogP contribution >= 0.6 is 0 Å². The van der Waals surface area contributed by atoms with E-state index in [9.17, 15) is 4.79 Å². The number of nitrogens with zero attached hydrogens (tertiary/aromatic N) is 3. The van der Waals surface area contributed by atoms with E-state index in [1.165, 1.54) is 5.69 Å². The maximum absolute atomic E-state index is 12.8. The highest BCUT2D eigenvalue weighted by atomic mass is 16.1. The first kappa shape index (κ1) is 12.6. The Kier molecular flexibility index (Phi) is 2.48. The van der Waals surface area contributed by atoms with E-state index in [-0.39, 0.29) is 5.41 Å². The molecule has 2 saturated heterocycles. The largest absolute Gasteiger partial charge is 0.369 e. The molecule has 1 saturated carbocycles. The van der Waals surface area contributed by atoms with Gasteiger partial charge in [-0.05, 0) is 25.3 Å². The van der Waals surface area contributed by atoms with Gasteiger partial charge in [0.05, 0.1) is 5.41 Å². The minimum atomic E-state index is -0.161. The molecule has 22 heavy (non-hydrogen) atoms. The summed E-state index contributed by atoms with van der Waals surface area (Å²) in [6.07, 6.45) is 9.05. The van der Waals surface area contributed by atoms with E-state index in [2.05, 4.69) is 33.5 Å². The quantitative estimate of drug-likeness (QED) is 0.932. The fraction of sp³-hybridized carbons (Fsp3) is 0.529. The van der Waals surface area contributed by atoms with Gasteiger partial charge in [-0.2, -0.15) is 0 Å². The molecule has 2 aromatic rings. The molecule has 3 aliphatic rings. The number of nitrogens with one attached hydrogen (secondary N) is 1. The van der Waals surface area contributed by atoms with Crippen molar-refractivity contribution in [3.63, 3.8) is 0 Å². The number of hydrogen-bond acceptors (Lipinski definition) is 4. The van der Waals surface area contributed by atoms with Crippen molar-refractivity contribution in [1.82, 2.24) is 14.7 Å². The van der Waals surface area contributed by atoms with Gasteiger partial charge < -0.3 is 14.6 Å². The van der Waals surface area contributed by atoms with Gasteiger partial charge >= 0.3 is 0 Å². The van der Waals surface area contributed by atoms with Gasteiger partial charge in [-0.25, -0.2) is 4.98 Å². The molecule has 3 fully saturated rings. The van der Waals surface area contributed by atoms with Crippen LogP contribution < -0.4 is 10.2 Å². The summed E-state index contributed by atoms with van der Waals surface area (Å²) in [4.78, 5) is 19.6. The summed E-state index contributed by atoms with van der Waals surface area (Å²) in [5.41, 5.74) is 1.98. The second-order valence-electron chi connectivity index (χ2n) is 7.16. The lowest BCUT2D eigenvalue weighted by molar-refractivity contribution is -0.129. The molecule has 5 heteroatoms. The number of carbonyl (C=O) groups is 1. The Morgan fingerprint density at radius 1 is 1.36 bits per heavy atom. The van der Waals surface area contributed by atoms with Crippen LogP contribution in [0.2, 0.25) is 0 Å². The van der Waals surface area contributed by atoms with Gasteiger partial charge in [0.15, 0.2) is 0 Å². The summed E-state index contributed by atoms with van der Waals surface area (Å²) < 4.78 is 2.02. The zero-order chi connectivity index (χ0) is 14.7. The number of piperidine rings is 1. The highest BCUT2D eigenvalue weighted by molar-refractivity contribution is 5.90. The highest BCUT2D eigenvalue weighted by Crippen LogP contribution is 2.44. The van der Waals surface area contributed by atoms with Gasteiger partial charge in [0.25, 0.3) is 0 Å². The molecule has 2 aromatic heterocycles. The SMILES string of the molecule is O=C(C1CC1)C12CNC(CN(c3ccn4ccnc4c3)C1)C2. The number of ketones is 1. The zero-order valence-electron chi connectivity index (χ0n) is 12.5. The Labute approximate surface area is 129 Å². The van der Waals surface area contributed by atoms with Gasteiger partial charge in [-0.15, -0.1) is 0 Å². The van der Waals surface area contributed by atoms with Crippen LogP contribution in [0.1, 0.15) is 19.3 Å². The van der Waals surface area contributed by atoms with Gasteiger partial charge in [0, 0.05) is 61.9 Å². The molecule has 2 bridgehead atoms. The molecule has 0 spiro atoms. The predicted octanol–water partition coefficient (Wildman–Crippen LogP) is 1.48. The third kappa shape index (κ3) is 1.81. The molecule has 1 N–H and O–H groups in total. The number of aromatic nitrogens is 2. The number of imidazole rings is 1. The van der Waals surface area contributed by atoms with Crippen LogP contribution in [0.15, 0.2) is 30.7 Å². The molecule has 2 unspecified atom stereocenters. The van der Waals surface area contributed by atoms with Gasteiger partial charge in [0.1, 0.15) is 11.4 Å². The molecule has 4 heterocycles. The minimum absolute atomic E-state index is 0.161. The summed E-state index contributed by atoms with van der Waals surface area (Å²) >= 11 is 0. The van der Waals surface area contributed by atoms with Crippen molar-refractivity contribution in [1.29, 1.82) is 0 Å². The molecule has 0 radical (unpaired) electrons. The molecule has 0 amide bonds. The number of fused-ring (bicyclic) bond motifs is 3. The summed E-state index contributed by atoms with van der Waals surface area (Å²) in [7, 11) is 0. The second-order valence-corrected chi connectivity index (χ2v) is 7.16. The standard InChI is InChI=1S/C17H20N4O/c22-16(12-1-2-12)17-8-13(19-10-17)9-21(11-17)14-3-5-20-6-4-18-15(20)7-14/h3-7,12-13,19H,1-2,8-11H2. The van der Waals surface area contributed by atoms with Crippen LogP contribution in [-0.2, 0) is 4.79 Å². The molecule has 2 atom stereocenters. The molecule has 2 aliphatic heterocycles. The van der Waals surface area contributed by atoms with Crippen molar-refractivity contribution < 1.29 is 4.79 Å². The maximum atomic E-state index is 12.8. The fourth-order valence-corrected chi connectivity index (χ4v) is 4.24. The average molecular weight is 296 g/mol. The van der Waals surface area contributed by atoms with E-state index in [1.807, 2.05) is 16.8 Å². The van der Waals surface area contributed by atoms with Crippen LogP contribution in [0.3, 0.4) is 0 Å². The van der Waals surface area contributed by atoms with Crippen molar-refractivity contribution >= 4 is 17.1 Å². The van der Waals surface area contributed by atoms with E-state index >= 15 is 0 Å². The van der Waals surface area contributed by atoms with Gasteiger partial charge in [-0.3, -0.25) is 4.79 Å². The monoisotopic (exact) mass is 296 g/mol. The normalized spacial score (nSPS) is 30.9. The number of rotatable bonds is 3. The fourth-order valence-electron chi connectivity index (χ4n) is 4.24. The van der Waals surface area contributed by atoms with Crippen molar-refractivity contribution in [3.8, 4) is 0 Å². The van der Waals surface area contributed by atoms with E-state index in [0.717, 1.165) is 44.5 Å². The van der Waals surface area contributed by atoms with Crippen LogP contribution in [-0.4, -0.2) is 40.8 Å². The smallest absolute Gasteiger partial charge is 0.145 e. The third-order valence-corrected chi connectivity index (χ3v) is 5.52. The zero-order valence-corrected chi connectivity index (χ0v) is 12.5. The van der Waals surface area contributed by atoms with Crippen molar-refractivity contribution in [3.05, 3.63) is 30.7 Å². The topological polar surface area (TPSA) is 49.6 Å². The second kappa shape index (κ2) is 4.32. The minimum Gasteiger partial charge on any atom is -0.369 e. The Morgan fingerprint density at radius 2 is 2.27 bits per heavy atom. The van der Waals surface area contributed by atoms with E-state index in [0.29, 0.717) is 17.7 Å². The van der Waals surface area contributed by atoms with Crippen molar-refractivity contribution in [2.75, 3.05) is 24.5 Å². The summed E-state index contributed by atoms with van der Waals surface area (Å²) in [6.45, 7) is 2.69. The van der Waals surface area contributed by atoms with Crippen LogP contribution in [0, 0.1) is 11.3 Å². The lowest BCUT2D eigenvalue weighted by Gasteiger charge is -2.39. The highest BCUT2D eigenvalue weighted by Gasteiger charge is 2.53. The molecule has 114 valence electrons. The lowest BCUT2D eigenvalue weighted by atomic mass is 9.76. The lowest BCUT2D eigenvalue weighted by Crippen LogP contribution is -2.50. The van der Waals surface area contributed by atoms with Crippen LogP contribution in [0.5, 0.6) is 0 Å². The Balaban J connectivity index is 1.48. The number of anilines is 1. The van der Waals surface area contributed by atoms with E-state index in [1.54, 1.807) is 0 Å². The molecule has 1 aliphatic carbocycles. The molecule has 5 nitrogen and oxygen atoms in total. The predicted molar refractivity (Wildman–Crippen MR) is 84.0 cm³/mol. The van der Waals surface area contributed by atoms with E-state index < -0.39 is 0 Å². The number of hydrogen-bond donors (Lipinski definition) is 1. The van der Waals surface area contributed by atoms with Crippen molar-refractivity contribution in [2.24, 2.45) is 11.3 Å². The third-order valence-electron chi connectivity index (χ3n) is 5.52. The molecule has 0 aromatic carbocycles. The first-order valence-electron chi connectivity index (χ1n) is 8.19. The number of Topliss-reactive ketones (excluding diaryl/α,β-unsaturated/α-hetero) is 1. The van der Waals surface area contributed by atoms with Crippen molar-refractivity contribution in [2.45, 2.75) is 25.3 Å². The first-order chi connectivity index (χ1) is 10.7. The number of carbonyl (C=O) groups excluding carboxylic acids is 1. The Morgan fingerprint density at radius 3 is 3.14 bits per heavy atom. The van der Waals surface area contributed by atoms with Crippen LogP contribution in [0.4, 0.5) is 5.69 Å².